The van der Waals surface area contributed by atoms with Crippen LogP contribution in [0.2, 0.25) is 0 Å². The van der Waals surface area contributed by atoms with Crippen LogP contribution in [0.4, 0.5) is 4.79 Å². The Kier molecular flexibility index (Phi) is 4.91. The van der Waals surface area contributed by atoms with E-state index in [1.165, 1.54) is 11.2 Å². The molecule has 3 aromatic heterocycles. The molecule has 0 aromatic carbocycles. The Hall–Kier alpha value is -3.43. The van der Waals surface area contributed by atoms with Crippen LogP contribution in [0, 0.1) is 6.92 Å². The molecule has 3 aromatic rings. The van der Waals surface area contributed by atoms with Crippen molar-refractivity contribution in [1.82, 2.24) is 29.6 Å². The van der Waals surface area contributed by atoms with Gasteiger partial charge in [-0.1, -0.05) is 0 Å². The summed E-state index contributed by atoms with van der Waals surface area (Å²) < 4.78 is 13.0. The first-order chi connectivity index (χ1) is 14.0. The molecule has 29 heavy (non-hydrogen) atoms. The van der Waals surface area contributed by atoms with E-state index in [1.54, 1.807) is 17.9 Å². The first kappa shape index (κ1) is 18.9. The van der Waals surface area contributed by atoms with E-state index in [4.69, 9.17) is 14.6 Å². The number of hydrogen-bond acceptors (Lipinski definition) is 7. The van der Waals surface area contributed by atoms with Gasteiger partial charge in [0.25, 0.3) is 0 Å². The fourth-order valence-corrected chi connectivity index (χ4v) is 3.59. The minimum atomic E-state index is -0.897. The van der Waals surface area contributed by atoms with Crippen molar-refractivity contribution in [2.75, 3.05) is 20.2 Å². The van der Waals surface area contributed by atoms with Gasteiger partial charge in [0.05, 0.1) is 18.5 Å². The van der Waals surface area contributed by atoms with Gasteiger partial charge in [-0.3, -0.25) is 4.68 Å². The summed E-state index contributed by atoms with van der Waals surface area (Å²) in [7, 11) is 3.43. The van der Waals surface area contributed by atoms with Gasteiger partial charge in [0.1, 0.15) is 17.9 Å². The Morgan fingerprint density at radius 2 is 1.97 bits per heavy atom. The molecule has 1 aliphatic rings. The van der Waals surface area contributed by atoms with Gasteiger partial charge in [0.2, 0.25) is 11.8 Å². The average molecular weight is 398 g/mol. The SMILES string of the molecule is COc1ccc(-c2c3ncnc(OC4CCN(C(=O)O)CC4)c3nn2C)c(C)n1. The molecule has 1 aliphatic heterocycles. The number of piperidine rings is 1. The van der Waals surface area contributed by atoms with E-state index >= 15 is 0 Å². The molecule has 4 heterocycles. The number of aryl methyl sites for hydroxylation is 2. The summed E-state index contributed by atoms with van der Waals surface area (Å²) in [6.07, 6.45) is 1.67. The number of likely N-dealkylation sites (tertiary alicyclic amines) is 1. The molecule has 1 amide bonds. The third-order valence-corrected chi connectivity index (χ3v) is 5.10. The second kappa shape index (κ2) is 7.53. The highest BCUT2D eigenvalue weighted by molar-refractivity contribution is 5.92. The normalized spacial score (nSPS) is 14.9. The van der Waals surface area contributed by atoms with Gasteiger partial charge in [-0.25, -0.2) is 14.8 Å². The van der Waals surface area contributed by atoms with Crippen LogP contribution in [0.15, 0.2) is 18.5 Å². The van der Waals surface area contributed by atoms with E-state index < -0.39 is 6.09 Å². The fraction of sp³-hybridized carbons (Fsp3) is 0.421. The Labute approximate surface area is 167 Å². The summed E-state index contributed by atoms with van der Waals surface area (Å²) in [5, 5.41) is 13.7. The number of carboxylic acid groups (broad SMARTS) is 1. The van der Waals surface area contributed by atoms with Crippen molar-refractivity contribution in [2.24, 2.45) is 7.05 Å². The van der Waals surface area contributed by atoms with Crippen molar-refractivity contribution in [3.8, 4) is 23.0 Å². The van der Waals surface area contributed by atoms with Gasteiger partial charge >= 0.3 is 6.09 Å². The molecule has 0 bridgehead atoms. The molecule has 10 nitrogen and oxygen atoms in total. The van der Waals surface area contributed by atoms with Crippen molar-refractivity contribution < 1.29 is 19.4 Å². The number of fused-ring (bicyclic) bond motifs is 1. The Morgan fingerprint density at radius 1 is 1.21 bits per heavy atom. The number of rotatable bonds is 4. The molecule has 0 unspecified atom stereocenters. The quantitative estimate of drug-likeness (QED) is 0.711. The lowest BCUT2D eigenvalue weighted by Crippen LogP contribution is -2.41. The van der Waals surface area contributed by atoms with Crippen molar-refractivity contribution in [1.29, 1.82) is 0 Å². The summed E-state index contributed by atoms with van der Waals surface area (Å²) >= 11 is 0. The monoisotopic (exact) mass is 398 g/mol. The highest BCUT2D eigenvalue weighted by atomic mass is 16.5. The van der Waals surface area contributed by atoms with Crippen molar-refractivity contribution in [2.45, 2.75) is 25.9 Å². The number of methoxy groups -OCH3 is 1. The predicted molar refractivity (Wildman–Crippen MR) is 104 cm³/mol. The highest BCUT2D eigenvalue weighted by Gasteiger charge is 2.26. The van der Waals surface area contributed by atoms with Crippen LogP contribution in [-0.2, 0) is 7.05 Å². The zero-order valence-corrected chi connectivity index (χ0v) is 16.5. The van der Waals surface area contributed by atoms with Crippen LogP contribution < -0.4 is 9.47 Å². The maximum atomic E-state index is 11.1. The third kappa shape index (κ3) is 3.53. The topological polar surface area (TPSA) is 115 Å². The maximum Gasteiger partial charge on any atom is 0.407 e. The molecule has 0 spiro atoms. The van der Waals surface area contributed by atoms with E-state index in [9.17, 15) is 4.79 Å². The van der Waals surface area contributed by atoms with E-state index in [2.05, 4.69) is 20.1 Å². The summed E-state index contributed by atoms with van der Waals surface area (Å²) in [6.45, 7) is 2.79. The summed E-state index contributed by atoms with van der Waals surface area (Å²) in [6, 6.07) is 3.73. The number of amides is 1. The second-order valence-corrected chi connectivity index (χ2v) is 6.92. The molecule has 152 valence electrons. The number of pyridine rings is 1. The smallest absolute Gasteiger partial charge is 0.407 e. The van der Waals surface area contributed by atoms with Crippen molar-refractivity contribution in [3.63, 3.8) is 0 Å². The van der Waals surface area contributed by atoms with Crippen molar-refractivity contribution in [3.05, 3.63) is 24.2 Å². The van der Waals surface area contributed by atoms with E-state index in [0.717, 1.165) is 17.0 Å². The molecular weight excluding hydrogens is 376 g/mol. The standard InChI is InChI=1S/C19H22N6O4/c1-11-13(4-5-14(22-11)28-3)17-15-16(23-24(17)2)18(21-10-20-15)29-12-6-8-25(9-7-12)19(26)27/h4-5,10,12H,6-9H2,1-3H3,(H,26,27). The van der Waals surface area contributed by atoms with E-state index in [0.29, 0.717) is 48.7 Å². The number of nitrogens with zero attached hydrogens (tertiary/aromatic N) is 6. The van der Waals surface area contributed by atoms with Crippen LogP contribution in [-0.4, -0.2) is 67.1 Å². The summed E-state index contributed by atoms with van der Waals surface area (Å²) in [5.74, 6) is 0.953. The number of carbonyl (C=O) groups is 1. The maximum absolute atomic E-state index is 11.1. The lowest BCUT2D eigenvalue weighted by molar-refractivity contribution is 0.0878. The summed E-state index contributed by atoms with van der Waals surface area (Å²) in [5.41, 5.74) is 3.77. The first-order valence-electron chi connectivity index (χ1n) is 9.32. The minimum absolute atomic E-state index is 0.112. The Bertz CT molecular complexity index is 1060. The van der Waals surface area contributed by atoms with E-state index in [1.807, 2.05) is 20.0 Å². The number of hydrogen-bond donors (Lipinski definition) is 1. The average Bonchev–Trinajstić information content (AvgIpc) is 3.05. The molecule has 10 heteroatoms. The lowest BCUT2D eigenvalue weighted by atomic mass is 10.1. The molecule has 0 radical (unpaired) electrons. The van der Waals surface area contributed by atoms with Gasteiger partial charge in [0, 0.05) is 44.6 Å². The van der Waals surface area contributed by atoms with Crippen LogP contribution in [0.25, 0.3) is 22.3 Å². The molecule has 1 fully saturated rings. The molecular formula is C19H22N6O4. The molecule has 0 aliphatic carbocycles. The number of ether oxygens (including phenoxy) is 2. The zero-order chi connectivity index (χ0) is 20.5. The highest BCUT2D eigenvalue weighted by Crippen LogP contribution is 2.33. The van der Waals surface area contributed by atoms with Crippen LogP contribution in [0.1, 0.15) is 18.5 Å². The molecule has 1 N–H and O–H groups in total. The lowest BCUT2D eigenvalue weighted by Gasteiger charge is -2.29. The predicted octanol–water partition coefficient (Wildman–Crippen LogP) is 2.26. The molecule has 0 atom stereocenters. The zero-order valence-electron chi connectivity index (χ0n) is 16.5. The van der Waals surface area contributed by atoms with Crippen LogP contribution in [0.5, 0.6) is 11.8 Å². The largest absolute Gasteiger partial charge is 0.481 e. The molecule has 4 rings (SSSR count). The van der Waals surface area contributed by atoms with Gasteiger partial charge < -0.3 is 19.5 Å². The van der Waals surface area contributed by atoms with Crippen molar-refractivity contribution >= 4 is 17.1 Å². The van der Waals surface area contributed by atoms with Gasteiger partial charge in [0.15, 0.2) is 5.52 Å². The van der Waals surface area contributed by atoms with Gasteiger partial charge in [-0.05, 0) is 13.0 Å². The summed E-state index contributed by atoms with van der Waals surface area (Å²) in [4.78, 5) is 25.6. The molecule has 0 saturated carbocycles. The Morgan fingerprint density at radius 3 is 2.62 bits per heavy atom. The second-order valence-electron chi connectivity index (χ2n) is 6.92. The fourth-order valence-electron chi connectivity index (χ4n) is 3.59. The Balaban J connectivity index is 1.65. The minimum Gasteiger partial charge on any atom is -0.481 e. The van der Waals surface area contributed by atoms with Crippen LogP contribution >= 0.6 is 0 Å². The van der Waals surface area contributed by atoms with E-state index in [-0.39, 0.29) is 6.10 Å². The first-order valence-corrected chi connectivity index (χ1v) is 9.32. The van der Waals surface area contributed by atoms with Gasteiger partial charge in [-0.2, -0.15) is 10.1 Å². The molecule has 1 saturated heterocycles. The number of aromatic nitrogens is 5. The van der Waals surface area contributed by atoms with Gasteiger partial charge in [-0.15, -0.1) is 0 Å². The van der Waals surface area contributed by atoms with Crippen LogP contribution in [0.3, 0.4) is 0 Å². The third-order valence-electron chi connectivity index (χ3n) is 5.10.